The van der Waals surface area contributed by atoms with E-state index >= 15 is 0 Å². The van der Waals surface area contributed by atoms with Crippen LogP contribution in [-0.2, 0) is 0 Å². The van der Waals surface area contributed by atoms with Crippen molar-refractivity contribution in [2.45, 2.75) is 6.17 Å². The molecule has 0 saturated carbocycles. The standard InChI is InChI=1S/C19H16N4/c1-2-8-15(9-3-1)22-16-10-4-5-11-17(16)23-19(22)14-21-13-7-6-12-18(21)20-23/h1-13,19H,14H2/t19-/m0/s1. The van der Waals surface area contributed by atoms with Crippen LogP contribution in [-0.4, -0.2) is 23.4 Å². The molecule has 0 bridgehead atoms. The highest BCUT2D eigenvalue weighted by atomic mass is 15.6. The van der Waals surface area contributed by atoms with Gasteiger partial charge in [0, 0.05) is 11.9 Å². The molecule has 0 aromatic heterocycles. The number of hydrazone groups is 1. The molecular formula is C19H16N4. The molecular weight excluding hydrogens is 284 g/mol. The van der Waals surface area contributed by atoms with Crippen LogP contribution in [0.25, 0.3) is 0 Å². The Bertz CT molecular complexity index is 837. The molecule has 23 heavy (non-hydrogen) atoms. The van der Waals surface area contributed by atoms with Crippen molar-refractivity contribution in [2.75, 3.05) is 16.5 Å². The van der Waals surface area contributed by atoms with Crippen molar-refractivity contribution in [3.05, 3.63) is 79.0 Å². The van der Waals surface area contributed by atoms with Crippen molar-refractivity contribution in [1.82, 2.24) is 4.90 Å². The molecule has 0 unspecified atom stereocenters. The molecule has 4 nitrogen and oxygen atoms in total. The Morgan fingerprint density at radius 3 is 2.52 bits per heavy atom. The molecule has 3 heterocycles. The van der Waals surface area contributed by atoms with Crippen molar-refractivity contribution in [3.63, 3.8) is 0 Å². The first-order valence-corrected chi connectivity index (χ1v) is 7.84. The summed E-state index contributed by atoms with van der Waals surface area (Å²) in [6.07, 6.45) is 8.41. The van der Waals surface area contributed by atoms with Gasteiger partial charge in [0.15, 0.2) is 5.84 Å². The molecule has 0 spiro atoms. The molecule has 3 aliphatic rings. The molecule has 0 amide bonds. The summed E-state index contributed by atoms with van der Waals surface area (Å²) in [5.74, 6) is 0.994. The summed E-state index contributed by atoms with van der Waals surface area (Å²) >= 11 is 0. The lowest BCUT2D eigenvalue weighted by atomic mass is 10.2. The first-order chi connectivity index (χ1) is 11.4. The fraction of sp³-hybridized carbons (Fsp3) is 0.105. The molecule has 0 aliphatic carbocycles. The maximum atomic E-state index is 4.88. The van der Waals surface area contributed by atoms with E-state index in [0.717, 1.165) is 18.1 Å². The van der Waals surface area contributed by atoms with E-state index in [9.17, 15) is 0 Å². The van der Waals surface area contributed by atoms with Crippen LogP contribution in [0.5, 0.6) is 0 Å². The summed E-state index contributed by atoms with van der Waals surface area (Å²) in [5.41, 5.74) is 3.57. The lowest BCUT2D eigenvalue weighted by molar-refractivity contribution is 0.445. The van der Waals surface area contributed by atoms with Gasteiger partial charge in [0.1, 0.15) is 6.17 Å². The summed E-state index contributed by atoms with van der Waals surface area (Å²) < 4.78 is 0. The van der Waals surface area contributed by atoms with Crippen LogP contribution < -0.4 is 9.91 Å². The minimum absolute atomic E-state index is 0.162. The Morgan fingerprint density at radius 2 is 1.65 bits per heavy atom. The minimum Gasteiger partial charge on any atom is -0.328 e. The molecule has 2 aromatic rings. The summed E-state index contributed by atoms with van der Waals surface area (Å²) in [6.45, 7) is 0.878. The van der Waals surface area contributed by atoms with Gasteiger partial charge in [-0.05, 0) is 36.4 Å². The molecule has 3 aliphatic heterocycles. The van der Waals surface area contributed by atoms with Gasteiger partial charge in [0.2, 0.25) is 0 Å². The number of para-hydroxylation sites is 3. The van der Waals surface area contributed by atoms with E-state index in [1.807, 2.05) is 6.08 Å². The Labute approximate surface area is 135 Å². The first kappa shape index (κ1) is 12.5. The van der Waals surface area contributed by atoms with Crippen molar-refractivity contribution in [3.8, 4) is 0 Å². The fourth-order valence-electron chi connectivity index (χ4n) is 3.47. The second kappa shape index (κ2) is 4.74. The zero-order valence-electron chi connectivity index (χ0n) is 12.6. The third kappa shape index (κ3) is 1.81. The zero-order chi connectivity index (χ0) is 15.2. The van der Waals surface area contributed by atoms with Gasteiger partial charge in [-0.15, -0.1) is 0 Å². The van der Waals surface area contributed by atoms with Crippen molar-refractivity contribution in [2.24, 2.45) is 5.10 Å². The van der Waals surface area contributed by atoms with Crippen LogP contribution in [0.2, 0.25) is 0 Å². The monoisotopic (exact) mass is 300 g/mol. The lowest BCUT2D eigenvalue weighted by Crippen LogP contribution is -2.52. The van der Waals surface area contributed by atoms with E-state index in [4.69, 9.17) is 5.10 Å². The highest BCUT2D eigenvalue weighted by molar-refractivity contribution is 5.98. The first-order valence-electron chi connectivity index (χ1n) is 7.84. The second-order valence-electron chi connectivity index (χ2n) is 5.83. The van der Waals surface area contributed by atoms with E-state index in [0.29, 0.717) is 0 Å². The average Bonchev–Trinajstić information content (AvgIpc) is 2.94. The van der Waals surface area contributed by atoms with Gasteiger partial charge in [-0.1, -0.05) is 36.4 Å². The maximum absolute atomic E-state index is 4.88. The van der Waals surface area contributed by atoms with Crippen LogP contribution in [0, 0.1) is 0 Å². The van der Waals surface area contributed by atoms with Crippen LogP contribution in [0.3, 0.4) is 0 Å². The minimum atomic E-state index is 0.162. The zero-order valence-corrected chi connectivity index (χ0v) is 12.6. The van der Waals surface area contributed by atoms with E-state index < -0.39 is 0 Å². The van der Waals surface area contributed by atoms with Gasteiger partial charge in [0.05, 0.1) is 17.9 Å². The van der Waals surface area contributed by atoms with Crippen LogP contribution >= 0.6 is 0 Å². The summed E-state index contributed by atoms with van der Waals surface area (Å²) in [7, 11) is 0. The molecule has 0 saturated heterocycles. The van der Waals surface area contributed by atoms with E-state index in [1.165, 1.54) is 11.4 Å². The van der Waals surface area contributed by atoms with Crippen molar-refractivity contribution < 1.29 is 0 Å². The predicted molar refractivity (Wildman–Crippen MR) is 93.7 cm³/mol. The topological polar surface area (TPSA) is 22.1 Å². The third-order valence-electron chi connectivity index (χ3n) is 4.49. The highest BCUT2D eigenvalue weighted by Crippen LogP contribution is 2.45. The molecule has 0 radical (unpaired) electrons. The fourth-order valence-corrected chi connectivity index (χ4v) is 3.47. The van der Waals surface area contributed by atoms with Gasteiger partial charge in [-0.25, -0.2) is 5.01 Å². The molecule has 1 atom stereocenters. The number of anilines is 3. The summed E-state index contributed by atoms with van der Waals surface area (Å²) in [4.78, 5) is 4.59. The molecule has 112 valence electrons. The number of nitrogens with zero attached hydrogens (tertiary/aromatic N) is 4. The van der Waals surface area contributed by atoms with Gasteiger partial charge < -0.3 is 9.80 Å². The number of allylic oxidation sites excluding steroid dienone is 2. The normalized spacial score (nSPS) is 21.0. The number of hydrogen-bond donors (Lipinski definition) is 0. The number of benzene rings is 2. The van der Waals surface area contributed by atoms with Gasteiger partial charge in [-0.2, -0.15) is 5.10 Å². The number of hydrogen-bond acceptors (Lipinski definition) is 4. The quantitative estimate of drug-likeness (QED) is 0.802. The summed E-state index contributed by atoms with van der Waals surface area (Å²) in [5, 5.41) is 7.03. The van der Waals surface area contributed by atoms with Crippen LogP contribution in [0.1, 0.15) is 0 Å². The van der Waals surface area contributed by atoms with Gasteiger partial charge >= 0.3 is 0 Å². The lowest BCUT2D eigenvalue weighted by Gasteiger charge is -2.39. The largest absolute Gasteiger partial charge is 0.328 e. The molecule has 4 heteroatoms. The average molecular weight is 300 g/mol. The highest BCUT2D eigenvalue weighted by Gasteiger charge is 2.40. The SMILES string of the molecule is C1=CC2=NN3c4ccccc4N(c4ccccc4)[C@@H]3CN2C=C1. The van der Waals surface area contributed by atoms with E-state index in [1.54, 1.807) is 0 Å². The number of rotatable bonds is 1. The van der Waals surface area contributed by atoms with E-state index in [-0.39, 0.29) is 6.17 Å². The Kier molecular flexibility index (Phi) is 2.58. The second-order valence-corrected chi connectivity index (χ2v) is 5.83. The molecule has 0 N–H and O–H groups in total. The number of fused-ring (bicyclic) bond motifs is 4. The smallest absolute Gasteiger partial charge is 0.153 e. The number of amidine groups is 1. The molecule has 5 rings (SSSR count). The molecule has 0 fully saturated rings. The van der Waals surface area contributed by atoms with Crippen molar-refractivity contribution in [1.29, 1.82) is 0 Å². The van der Waals surface area contributed by atoms with Crippen LogP contribution in [0.15, 0.2) is 84.1 Å². The molecule has 2 aromatic carbocycles. The van der Waals surface area contributed by atoms with Crippen molar-refractivity contribution >= 4 is 22.9 Å². The Hall–Kier alpha value is -3.01. The van der Waals surface area contributed by atoms with Crippen LogP contribution in [0.4, 0.5) is 17.1 Å². The van der Waals surface area contributed by atoms with Gasteiger partial charge in [0.25, 0.3) is 0 Å². The Morgan fingerprint density at radius 1 is 0.870 bits per heavy atom. The summed E-state index contributed by atoms with van der Waals surface area (Å²) in [6, 6.07) is 19.0. The van der Waals surface area contributed by atoms with E-state index in [2.05, 4.69) is 87.8 Å². The maximum Gasteiger partial charge on any atom is 0.153 e. The van der Waals surface area contributed by atoms with Gasteiger partial charge in [-0.3, -0.25) is 0 Å². The predicted octanol–water partition coefficient (Wildman–Crippen LogP) is 3.68. The third-order valence-corrected chi connectivity index (χ3v) is 4.49. The Balaban J connectivity index is 1.67.